The molecule has 1 N–H and O–H groups in total. The first-order valence-electron chi connectivity index (χ1n) is 9.46. The average molecular weight is 412 g/mol. The molecule has 1 fully saturated rings. The number of piperazine rings is 1. The molecule has 4 rings (SSSR count). The van der Waals surface area contributed by atoms with Crippen molar-refractivity contribution >= 4 is 34.1 Å². The minimum atomic E-state index is -0.550. The second-order valence-corrected chi connectivity index (χ2v) is 7.57. The summed E-state index contributed by atoms with van der Waals surface area (Å²) in [6.07, 6.45) is 0. The minimum Gasteiger partial charge on any atom is -0.493 e. The number of halogens is 1. The maximum atomic E-state index is 12.4. The average Bonchev–Trinajstić information content (AvgIpc) is 2.99. The molecular weight excluding hydrogens is 390 g/mol. The third kappa shape index (κ3) is 4.03. The molecule has 29 heavy (non-hydrogen) atoms. The van der Waals surface area contributed by atoms with Crippen LogP contribution in [0.15, 0.2) is 58.8 Å². The SMILES string of the molecule is CN1CCN(Cn2c(O)c(N=NC(=O)c3ccccc3Cl)c3ccccc32)CC1. The van der Waals surface area contributed by atoms with Crippen molar-refractivity contribution in [2.24, 2.45) is 10.2 Å². The normalized spacial score (nSPS) is 16.1. The molecule has 0 radical (unpaired) electrons. The number of benzene rings is 2. The summed E-state index contributed by atoms with van der Waals surface area (Å²) in [5.41, 5.74) is 1.41. The predicted octanol–water partition coefficient (Wildman–Crippen LogP) is 4.13. The molecule has 0 saturated carbocycles. The van der Waals surface area contributed by atoms with Crippen molar-refractivity contribution in [3.63, 3.8) is 0 Å². The van der Waals surface area contributed by atoms with E-state index in [4.69, 9.17) is 11.6 Å². The van der Waals surface area contributed by atoms with Gasteiger partial charge in [0, 0.05) is 31.6 Å². The van der Waals surface area contributed by atoms with Gasteiger partial charge in [0.1, 0.15) is 0 Å². The van der Waals surface area contributed by atoms with Crippen LogP contribution in [0.1, 0.15) is 10.4 Å². The number of nitrogens with zero attached hydrogens (tertiary/aromatic N) is 5. The molecule has 0 atom stereocenters. The monoisotopic (exact) mass is 411 g/mol. The number of hydrogen-bond acceptors (Lipinski definition) is 5. The Bertz CT molecular complexity index is 1070. The van der Waals surface area contributed by atoms with Gasteiger partial charge in [0.05, 0.1) is 22.8 Å². The molecule has 1 aliphatic heterocycles. The highest BCUT2D eigenvalue weighted by Gasteiger charge is 2.21. The van der Waals surface area contributed by atoms with Gasteiger partial charge in [0.15, 0.2) is 5.69 Å². The smallest absolute Gasteiger partial charge is 0.296 e. The fraction of sp³-hybridized carbons (Fsp3) is 0.286. The van der Waals surface area contributed by atoms with E-state index in [1.54, 1.807) is 24.3 Å². The van der Waals surface area contributed by atoms with Crippen LogP contribution in [0.2, 0.25) is 5.02 Å². The number of carbonyl (C=O) groups is 1. The highest BCUT2D eigenvalue weighted by Crippen LogP contribution is 2.39. The number of fused-ring (bicyclic) bond motifs is 1. The molecule has 1 aromatic heterocycles. The molecule has 150 valence electrons. The molecule has 2 heterocycles. The molecule has 2 aromatic carbocycles. The summed E-state index contributed by atoms with van der Waals surface area (Å²) in [4.78, 5) is 17.0. The van der Waals surface area contributed by atoms with Gasteiger partial charge in [-0.1, -0.05) is 41.9 Å². The van der Waals surface area contributed by atoms with E-state index in [1.165, 1.54) is 0 Å². The van der Waals surface area contributed by atoms with Gasteiger partial charge < -0.3 is 10.0 Å². The quantitative estimate of drug-likeness (QED) is 0.655. The van der Waals surface area contributed by atoms with E-state index in [-0.39, 0.29) is 17.1 Å². The van der Waals surface area contributed by atoms with Crippen LogP contribution in [0.4, 0.5) is 5.69 Å². The third-order valence-corrected chi connectivity index (χ3v) is 5.53. The minimum absolute atomic E-state index is 0.000775. The van der Waals surface area contributed by atoms with Gasteiger partial charge in [0.25, 0.3) is 5.91 Å². The number of carbonyl (C=O) groups excluding carboxylic acids is 1. The van der Waals surface area contributed by atoms with Crippen molar-refractivity contribution in [2.75, 3.05) is 33.2 Å². The van der Waals surface area contributed by atoms with Gasteiger partial charge in [-0.2, -0.15) is 0 Å². The Labute approximate surface area is 173 Å². The topological polar surface area (TPSA) is 73.4 Å². The molecule has 0 aliphatic carbocycles. The van der Waals surface area contributed by atoms with Gasteiger partial charge in [0.2, 0.25) is 5.88 Å². The van der Waals surface area contributed by atoms with Crippen LogP contribution in [-0.4, -0.2) is 58.6 Å². The standard InChI is InChI=1S/C21H22ClN5O2/c1-25-10-12-26(13-11-25)14-27-18-9-5-3-7-16(18)19(21(27)29)23-24-20(28)15-6-2-4-8-17(15)22/h2-9,29H,10-14H2,1H3. The number of likely N-dealkylation sites (N-methyl/N-ethyl adjacent to an activating group) is 1. The number of azo groups is 1. The van der Waals surface area contributed by atoms with Crippen molar-refractivity contribution in [3.8, 4) is 5.88 Å². The van der Waals surface area contributed by atoms with Crippen molar-refractivity contribution in [1.82, 2.24) is 14.4 Å². The van der Waals surface area contributed by atoms with Crippen LogP contribution < -0.4 is 0 Å². The Morgan fingerprint density at radius 3 is 2.52 bits per heavy atom. The summed E-state index contributed by atoms with van der Waals surface area (Å²) in [5, 5.41) is 19.8. The number of rotatable bonds is 4. The Hall–Kier alpha value is -2.74. The van der Waals surface area contributed by atoms with Crippen LogP contribution in [0.5, 0.6) is 5.88 Å². The summed E-state index contributed by atoms with van der Waals surface area (Å²) in [5.74, 6) is -0.549. The van der Waals surface area contributed by atoms with Crippen molar-refractivity contribution in [1.29, 1.82) is 0 Å². The van der Waals surface area contributed by atoms with Gasteiger partial charge >= 0.3 is 0 Å². The zero-order chi connectivity index (χ0) is 20.4. The molecule has 8 heteroatoms. The van der Waals surface area contributed by atoms with Crippen LogP contribution in [0.3, 0.4) is 0 Å². The molecule has 0 unspecified atom stereocenters. The van der Waals surface area contributed by atoms with E-state index in [2.05, 4.69) is 27.1 Å². The Morgan fingerprint density at radius 1 is 1.07 bits per heavy atom. The third-order valence-electron chi connectivity index (χ3n) is 5.20. The molecule has 0 spiro atoms. The molecule has 1 saturated heterocycles. The predicted molar refractivity (Wildman–Crippen MR) is 113 cm³/mol. The summed E-state index contributed by atoms with van der Waals surface area (Å²) in [6.45, 7) is 4.36. The fourth-order valence-electron chi connectivity index (χ4n) is 3.49. The van der Waals surface area contributed by atoms with E-state index in [1.807, 2.05) is 28.8 Å². The summed E-state index contributed by atoms with van der Waals surface area (Å²) < 4.78 is 1.81. The Morgan fingerprint density at radius 2 is 1.76 bits per heavy atom. The highest BCUT2D eigenvalue weighted by molar-refractivity contribution is 6.33. The number of amides is 1. The van der Waals surface area contributed by atoms with Crippen molar-refractivity contribution in [2.45, 2.75) is 6.67 Å². The second kappa shape index (κ2) is 8.32. The summed E-state index contributed by atoms with van der Waals surface area (Å²) >= 11 is 6.07. The van der Waals surface area contributed by atoms with Gasteiger partial charge in [-0.15, -0.1) is 10.2 Å². The zero-order valence-corrected chi connectivity index (χ0v) is 16.9. The van der Waals surface area contributed by atoms with Crippen LogP contribution in [0.25, 0.3) is 10.9 Å². The summed E-state index contributed by atoms with van der Waals surface area (Å²) in [6, 6.07) is 14.3. The molecule has 1 amide bonds. The molecule has 0 bridgehead atoms. The van der Waals surface area contributed by atoms with Gasteiger partial charge in [-0.3, -0.25) is 14.3 Å². The van der Waals surface area contributed by atoms with Crippen LogP contribution >= 0.6 is 11.6 Å². The maximum absolute atomic E-state index is 12.4. The van der Waals surface area contributed by atoms with Crippen molar-refractivity contribution in [3.05, 3.63) is 59.1 Å². The van der Waals surface area contributed by atoms with Gasteiger partial charge in [-0.05, 0) is 25.2 Å². The first-order valence-corrected chi connectivity index (χ1v) is 9.84. The second-order valence-electron chi connectivity index (χ2n) is 7.17. The Kier molecular flexibility index (Phi) is 5.62. The Balaban J connectivity index is 1.65. The van der Waals surface area contributed by atoms with E-state index >= 15 is 0 Å². The van der Waals surface area contributed by atoms with Gasteiger partial charge in [-0.25, -0.2) is 0 Å². The maximum Gasteiger partial charge on any atom is 0.296 e. The highest BCUT2D eigenvalue weighted by atomic mass is 35.5. The molecule has 1 aliphatic rings. The lowest BCUT2D eigenvalue weighted by Gasteiger charge is -2.32. The van der Waals surface area contributed by atoms with E-state index in [0.29, 0.717) is 11.7 Å². The fourth-order valence-corrected chi connectivity index (χ4v) is 3.70. The molecular formula is C21H22ClN5O2. The zero-order valence-electron chi connectivity index (χ0n) is 16.1. The number of aromatic hydroxyl groups is 1. The first-order chi connectivity index (χ1) is 14.0. The number of para-hydroxylation sites is 1. The molecule has 3 aromatic rings. The van der Waals surface area contributed by atoms with E-state index in [0.717, 1.165) is 37.1 Å². The van der Waals surface area contributed by atoms with Crippen LogP contribution in [0, 0.1) is 0 Å². The first kappa shape index (κ1) is 19.6. The number of aromatic nitrogens is 1. The van der Waals surface area contributed by atoms with Crippen molar-refractivity contribution < 1.29 is 9.90 Å². The lowest BCUT2D eigenvalue weighted by Crippen LogP contribution is -2.44. The van der Waals surface area contributed by atoms with E-state index < -0.39 is 5.91 Å². The largest absolute Gasteiger partial charge is 0.493 e. The summed E-state index contributed by atoms with van der Waals surface area (Å²) in [7, 11) is 2.11. The lowest BCUT2D eigenvalue weighted by atomic mass is 10.2. The van der Waals surface area contributed by atoms with E-state index in [9.17, 15) is 9.90 Å². The van der Waals surface area contributed by atoms with Crippen LogP contribution in [-0.2, 0) is 6.67 Å². The molecule has 7 nitrogen and oxygen atoms in total. The number of hydrogen-bond donors (Lipinski definition) is 1. The lowest BCUT2D eigenvalue weighted by molar-refractivity contribution is 0.0995.